The Bertz CT molecular complexity index is 358. The molecular weight excluding hydrogens is 268 g/mol. The monoisotopic (exact) mass is 290 g/mol. The average Bonchev–Trinajstić information content (AvgIpc) is 2.73. The van der Waals surface area contributed by atoms with Gasteiger partial charge in [0.1, 0.15) is 23.7 Å². The van der Waals surface area contributed by atoms with Gasteiger partial charge in [-0.3, -0.25) is 4.99 Å². The average molecular weight is 290 g/mol. The van der Waals surface area contributed by atoms with E-state index in [9.17, 15) is 15.3 Å². The van der Waals surface area contributed by atoms with Crippen LogP contribution in [0.1, 0.15) is 27.2 Å². The van der Waals surface area contributed by atoms with Gasteiger partial charge in [0.2, 0.25) is 0 Å². The lowest BCUT2D eigenvalue weighted by Gasteiger charge is -2.43. The van der Waals surface area contributed by atoms with Crippen LogP contribution in [0.3, 0.4) is 0 Å². The van der Waals surface area contributed by atoms with Gasteiger partial charge in [-0.2, -0.15) is 0 Å². The summed E-state index contributed by atoms with van der Waals surface area (Å²) >= 11 is 1.39. The molecule has 0 aromatic rings. The van der Waals surface area contributed by atoms with Crippen molar-refractivity contribution in [2.45, 2.75) is 62.6 Å². The van der Waals surface area contributed by atoms with Crippen LogP contribution in [0.4, 0.5) is 0 Å². The Kier molecular flexibility index (Phi) is 4.42. The van der Waals surface area contributed by atoms with E-state index in [0.29, 0.717) is 6.54 Å². The second kappa shape index (κ2) is 5.57. The lowest BCUT2D eigenvalue weighted by molar-refractivity contribution is -0.210. The van der Waals surface area contributed by atoms with E-state index < -0.39 is 30.0 Å². The molecule has 0 aromatic heterocycles. The fourth-order valence-corrected chi connectivity index (χ4v) is 3.42. The van der Waals surface area contributed by atoms with E-state index in [4.69, 9.17) is 4.74 Å². The van der Waals surface area contributed by atoms with E-state index in [1.165, 1.54) is 11.8 Å². The summed E-state index contributed by atoms with van der Waals surface area (Å²) in [7, 11) is 0. The Labute approximate surface area is 117 Å². The van der Waals surface area contributed by atoms with Gasteiger partial charge in [-0.25, -0.2) is 0 Å². The van der Waals surface area contributed by atoms with E-state index >= 15 is 0 Å². The molecule has 0 aromatic carbocycles. The molecule has 2 aliphatic rings. The Balaban J connectivity index is 2.12. The summed E-state index contributed by atoms with van der Waals surface area (Å²) in [6, 6.07) is -0.394. The molecule has 0 saturated carbocycles. The maximum Gasteiger partial charge on any atom is 0.159 e. The molecule has 19 heavy (non-hydrogen) atoms. The summed E-state index contributed by atoms with van der Waals surface area (Å²) in [4.78, 5) is 4.35. The summed E-state index contributed by atoms with van der Waals surface area (Å²) in [5.74, 6) is 0. The molecule has 2 saturated heterocycles. The van der Waals surface area contributed by atoms with Gasteiger partial charge < -0.3 is 25.4 Å². The van der Waals surface area contributed by atoms with Gasteiger partial charge in [-0.15, -0.1) is 0 Å². The van der Waals surface area contributed by atoms with E-state index in [1.807, 2.05) is 6.92 Å². The van der Waals surface area contributed by atoms with Crippen LogP contribution in [0.25, 0.3) is 0 Å². The first-order valence-corrected chi connectivity index (χ1v) is 7.44. The van der Waals surface area contributed by atoms with E-state index in [0.717, 1.165) is 11.6 Å². The fourth-order valence-electron chi connectivity index (χ4n) is 2.28. The highest BCUT2D eigenvalue weighted by molar-refractivity contribution is 8.14. The predicted molar refractivity (Wildman–Crippen MR) is 74.1 cm³/mol. The molecule has 0 radical (unpaired) electrons. The Hall–Kier alpha value is -0.340. The van der Waals surface area contributed by atoms with Crippen LogP contribution in [0, 0.1) is 0 Å². The molecule has 0 spiro atoms. The number of aliphatic hydroxyl groups is 3. The second-order valence-corrected chi connectivity index (χ2v) is 6.62. The van der Waals surface area contributed by atoms with Gasteiger partial charge in [0, 0.05) is 6.54 Å². The van der Waals surface area contributed by atoms with Gasteiger partial charge in [0.05, 0.1) is 11.6 Å². The molecule has 0 amide bonds. The number of rotatable bonds is 3. The molecule has 6 nitrogen and oxygen atoms in total. The minimum atomic E-state index is -1.21. The van der Waals surface area contributed by atoms with Crippen LogP contribution < -0.4 is 5.32 Å². The third-order valence-electron chi connectivity index (χ3n) is 3.30. The van der Waals surface area contributed by atoms with Gasteiger partial charge in [0.15, 0.2) is 5.17 Å². The van der Waals surface area contributed by atoms with Crippen LogP contribution >= 0.6 is 11.8 Å². The fraction of sp³-hybridized carbons (Fsp3) is 0.917. The number of thioether (sulfide) groups is 1. The van der Waals surface area contributed by atoms with Crippen molar-refractivity contribution in [3.05, 3.63) is 0 Å². The highest BCUT2D eigenvalue weighted by Crippen LogP contribution is 2.36. The highest BCUT2D eigenvalue weighted by atomic mass is 32.2. The first kappa shape index (κ1) is 15.1. The number of hydrogen-bond donors (Lipinski definition) is 4. The van der Waals surface area contributed by atoms with Crippen molar-refractivity contribution in [3.8, 4) is 0 Å². The van der Waals surface area contributed by atoms with Crippen LogP contribution in [0.2, 0.25) is 0 Å². The first-order valence-electron chi connectivity index (χ1n) is 6.56. The first-order chi connectivity index (χ1) is 8.84. The smallest absolute Gasteiger partial charge is 0.159 e. The topological polar surface area (TPSA) is 94.3 Å². The van der Waals surface area contributed by atoms with E-state index in [2.05, 4.69) is 10.3 Å². The Morgan fingerprint density at radius 2 is 2.05 bits per heavy atom. The number of nitrogens with zero attached hydrogens (tertiary/aromatic N) is 1. The second-order valence-electron chi connectivity index (χ2n) is 5.53. The molecule has 2 aliphatic heterocycles. The number of aliphatic hydroxyl groups excluding tert-OH is 2. The van der Waals surface area contributed by atoms with Gasteiger partial charge >= 0.3 is 0 Å². The van der Waals surface area contributed by atoms with Crippen LogP contribution in [-0.4, -0.2) is 62.4 Å². The largest absolute Gasteiger partial charge is 0.388 e. The third-order valence-corrected chi connectivity index (χ3v) is 4.40. The quantitative estimate of drug-likeness (QED) is 0.569. The summed E-state index contributed by atoms with van der Waals surface area (Å²) in [6.45, 7) is 5.87. The number of hydrogen-bond acceptors (Lipinski definition) is 6. The zero-order valence-corrected chi connectivity index (χ0v) is 12.2. The van der Waals surface area contributed by atoms with Crippen molar-refractivity contribution < 1.29 is 20.1 Å². The minimum absolute atomic E-state index is 0.342. The van der Waals surface area contributed by atoms with Gasteiger partial charge in [-0.1, -0.05) is 18.7 Å². The van der Waals surface area contributed by atoms with Crippen molar-refractivity contribution in [2.24, 2.45) is 4.99 Å². The molecule has 110 valence electrons. The molecule has 7 heteroatoms. The predicted octanol–water partition coefficient (Wildman–Crippen LogP) is -0.325. The summed E-state index contributed by atoms with van der Waals surface area (Å²) < 4.78 is 5.73. The van der Waals surface area contributed by atoms with Crippen molar-refractivity contribution >= 4 is 16.9 Å². The van der Waals surface area contributed by atoms with Crippen molar-refractivity contribution in [1.82, 2.24) is 5.32 Å². The molecule has 5 atom stereocenters. The van der Waals surface area contributed by atoms with Gasteiger partial charge in [0.25, 0.3) is 0 Å². The highest BCUT2D eigenvalue weighted by Gasteiger charge is 2.52. The molecule has 2 fully saturated rings. The minimum Gasteiger partial charge on any atom is -0.388 e. The summed E-state index contributed by atoms with van der Waals surface area (Å²) in [5, 5.41) is 34.0. The number of nitrogens with one attached hydrogen (secondary N) is 1. The molecule has 2 heterocycles. The normalized spacial score (nSPS) is 41.2. The lowest BCUT2D eigenvalue weighted by Crippen LogP contribution is -2.63. The maximum atomic E-state index is 10.2. The molecular formula is C12H22N2O4S. The van der Waals surface area contributed by atoms with Gasteiger partial charge in [-0.05, 0) is 20.3 Å². The molecule has 2 rings (SSSR count). The number of fused-ring (bicyclic) bond motifs is 1. The third kappa shape index (κ3) is 3.05. The standard InChI is InChI=1S/C12H22N2O4S/c1-4-5-13-11-14-6-7(15)8(16)9(12(2,3)17)18-10(6)19-11/h6-10,15-17H,4-5H2,1-3H3,(H,13,14). The summed E-state index contributed by atoms with van der Waals surface area (Å²) in [6.07, 6.45) is -1.99. The van der Waals surface area contributed by atoms with Crippen molar-refractivity contribution in [2.75, 3.05) is 6.54 Å². The Morgan fingerprint density at radius 3 is 2.63 bits per heavy atom. The number of amidine groups is 1. The van der Waals surface area contributed by atoms with Crippen LogP contribution in [0.5, 0.6) is 0 Å². The molecule has 0 bridgehead atoms. The van der Waals surface area contributed by atoms with E-state index in [1.54, 1.807) is 13.8 Å². The van der Waals surface area contributed by atoms with Crippen LogP contribution in [-0.2, 0) is 4.74 Å². The van der Waals surface area contributed by atoms with Crippen molar-refractivity contribution in [1.29, 1.82) is 0 Å². The van der Waals surface area contributed by atoms with Crippen LogP contribution in [0.15, 0.2) is 4.99 Å². The Morgan fingerprint density at radius 1 is 1.37 bits per heavy atom. The molecule has 0 aliphatic carbocycles. The number of aliphatic imine (C=N–C) groups is 1. The van der Waals surface area contributed by atoms with E-state index in [-0.39, 0.29) is 5.44 Å². The molecule has 4 N–H and O–H groups in total. The SMILES string of the molecule is CCCN=C1NC2C(OC(C(C)(C)O)C(O)C2O)S1. The maximum absolute atomic E-state index is 10.2. The summed E-state index contributed by atoms with van der Waals surface area (Å²) in [5.41, 5.74) is -1.56. The number of ether oxygens (including phenoxy) is 1. The zero-order valence-electron chi connectivity index (χ0n) is 11.4. The van der Waals surface area contributed by atoms with Crippen molar-refractivity contribution in [3.63, 3.8) is 0 Å². The zero-order chi connectivity index (χ0) is 14.2. The lowest BCUT2D eigenvalue weighted by atomic mass is 9.88. The molecule has 5 unspecified atom stereocenters.